The molecule has 96 valence electrons. The first kappa shape index (κ1) is 13.3. The van der Waals surface area contributed by atoms with Gasteiger partial charge in [-0.3, -0.25) is 0 Å². The molecule has 0 bridgehead atoms. The smallest absolute Gasteiger partial charge is 0.0729 e. The van der Waals surface area contributed by atoms with E-state index in [9.17, 15) is 0 Å². The lowest BCUT2D eigenvalue weighted by molar-refractivity contribution is 0.667. The summed E-state index contributed by atoms with van der Waals surface area (Å²) in [4.78, 5) is 0.585. The number of hydrogen-bond donors (Lipinski definition) is 0. The van der Waals surface area contributed by atoms with Gasteiger partial charge in [-0.15, -0.1) is 5.10 Å². The standard InChI is InChI=1S/C14H18BrN3/c1-2-6-12(15)9-10-14-11-16-17-18(14)13-7-4-3-5-8-13/h3-5,7-8,11-12H,2,6,9-10H2,1H3. The Labute approximate surface area is 116 Å². The number of alkyl halides is 1. The fourth-order valence-corrected chi connectivity index (χ4v) is 2.66. The van der Waals surface area contributed by atoms with Gasteiger partial charge < -0.3 is 0 Å². The molecule has 1 heterocycles. The third-order valence-electron chi connectivity index (χ3n) is 2.94. The lowest BCUT2D eigenvalue weighted by Gasteiger charge is -2.09. The monoisotopic (exact) mass is 307 g/mol. The summed E-state index contributed by atoms with van der Waals surface area (Å²) in [7, 11) is 0. The molecule has 0 aliphatic rings. The maximum atomic E-state index is 4.16. The number of para-hydroxylation sites is 1. The highest BCUT2D eigenvalue weighted by atomic mass is 79.9. The van der Waals surface area contributed by atoms with Crippen LogP contribution in [-0.4, -0.2) is 19.8 Å². The second-order valence-electron chi connectivity index (χ2n) is 4.40. The highest BCUT2D eigenvalue weighted by Crippen LogP contribution is 2.17. The van der Waals surface area contributed by atoms with Crippen molar-refractivity contribution in [2.24, 2.45) is 0 Å². The molecule has 1 atom stereocenters. The lowest BCUT2D eigenvalue weighted by atomic mass is 10.1. The Morgan fingerprint density at radius 1 is 1.22 bits per heavy atom. The predicted octanol–water partition coefficient (Wildman–Crippen LogP) is 3.76. The van der Waals surface area contributed by atoms with E-state index in [2.05, 4.69) is 45.3 Å². The first-order chi connectivity index (χ1) is 8.81. The molecule has 0 radical (unpaired) electrons. The average molecular weight is 308 g/mol. The van der Waals surface area contributed by atoms with Crippen molar-refractivity contribution in [1.29, 1.82) is 0 Å². The molecule has 3 nitrogen and oxygen atoms in total. The highest BCUT2D eigenvalue weighted by molar-refractivity contribution is 9.09. The van der Waals surface area contributed by atoms with Crippen LogP contribution in [0.5, 0.6) is 0 Å². The number of aryl methyl sites for hydroxylation is 1. The van der Waals surface area contributed by atoms with E-state index in [1.54, 1.807) is 0 Å². The van der Waals surface area contributed by atoms with Crippen molar-refractivity contribution in [3.63, 3.8) is 0 Å². The normalized spacial score (nSPS) is 12.6. The van der Waals surface area contributed by atoms with Gasteiger partial charge in [-0.05, 0) is 31.4 Å². The summed E-state index contributed by atoms with van der Waals surface area (Å²) in [6.07, 6.45) is 6.41. The van der Waals surface area contributed by atoms with Crippen LogP contribution in [0.3, 0.4) is 0 Å². The highest BCUT2D eigenvalue weighted by Gasteiger charge is 2.09. The molecular weight excluding hydrogens is 290 g/mol. The Balaban J connectivity index is 2.05. The fraction of sp³-hybridized carbons (Fsp3) is 0.429. The van der Waals surface area contributed by atoms with Gasteiger partial charge in [-0.2, -0.15) is 0 Å². The minimum Gasteiger partial charge on any atom is -0.218 e. The summed E-state index contributed by atoms with van der Waals surface area (Å²) in [5.41, 5.74) is 2.24. The van der Waals surface area contributed by atoms with Gasteiger partial charge in [0.2, 0.25) is 0 Å². The minimum atomic E-state index is 0.585. The maximum Gasteiger partial charge on any atom is 0.0729 e. The molecule has 0 amide bonds. The van der Waals surface area contributed by atoms with Crippen LogP contribution >= 0.6 is 15.9 Å². The molecule has 18 heavy (non-hydrogen) atoms. The molecule has 0 saturated carbocycles. The van der Waals surface area contributed by atoms with Crippen molar-refractivity contribution in [3.8, 4) is 5.69 Å². The van der Waals surface area contributed by atoms with Crippen molar-refractivity contribution < 1.29 is 0 Å². The van der Waals surface area contributed by atoms with Crippen molar-refractivity contribution >= 4 is 15.9 Å². The van der Waals surface area contributed by atoms with Gasteiger partial charge in [0.1, 0.15) is 0 Å². The van der Waals surface area contributed by atoms with Crippen LogP contribution in [0.25, 0.3) is 5.69 Å². The molecule has 0 aliphatic heterocycles. The second kappa shape index (κ2) is 6.69. The zero-order valence-electron chi connectivity index (χ0n) is 10.6. The van der Waals surface area contributed by atoms with Crippen LogP contribution in [0.15, 0.2) is 36.5 Å². The largest absolute Gasteiger partial charge is 0.218 e. The van der Waals surface area contributed by atoms with Crippen molar-refractivity contribution in [1.82, 2.24) is 15.0 Å². The molecule has 0 N–H and O–H groups in total. The first-order valence-electron chi connectivity index (χ1n) is 6.40. The van der Waals surface area contributed by atoms with Crippen LogP contribution in [0.1, 0.15) is 31.9 Å². The zero-order valence-corrected chi connectivity index (χ0v) is 12.2. The van der Waals surface area contributed by atoms with E-state index in [4.69, 9.17) is 0 Å². The average Bonchev–Trinajstić information content (AvgIpc) is 2.86. The molecular formula is C14H18BrN3. The molecule has 1 aromatic carbocycles. The SMILES string of the molecule is CCCC(Br)CCc1cnnn1-c1ccccc1. The zero-order chi connectivity index (χ0) is 12.8. The Kier molecular flexibility index (Phi) is 4.93. The van der Waals surface area contributed by atoms with Crippen LogP contribution in [-0.2, 0) is 6.42 Å². The van der Waals surface area contributed by atoms with Crippen LogP contribution in [0.4, 0.5) is 0 Å². The van der Waals surface area contributed by atoms with Gasteiger partial charge in [0, 0.05) is 4.83 Å². The van der Waals surface area contributed by atoms with Crippen LogP contribution < -0.4 is 0 Å². The maximum absolute atomic E-state index is 4.16. The Morgan fingerprint density at radius 3 is 2.72 bits per heavy atom. The third-order valence-corrected chi connectivity index (χ3v) is 3.85. The molecule has 0 aliphatic carbocycles. The second-order valence-corrected chi connectivity index (χ2v) is 5.69. The summed E-state index contributed by atoms with van der Waals surface area (Å²) in [5.74, 6) is 0. The predicted molar refractivity (Wildman–Crippen MR) is 77.3 cm³/mol. The summed E-state index contributed by atoms with van der Waals surface area (Å²) in [6.45, 7) is 2.21. The van der Waals surface area contributed by atoms with Gasteiger partial charge >= 0.3 is 0 Å². The number of benzene rings is 1. The lowest BCUT2D eigenvalue weighted by Crippen LogP contribution is -2.05. The van der Waals surface area contributed by atoms with Crippen LogP contribution in [0, 0.1) is 0 Å². The Morgan fingerprint density at radius 2 is 2.00 bits per heavy atom. The summed E-state index contributed by atoms with van der Waals surface area (Å²) >= 11 is 3.71. The van der Waals surface area contributed by atoms with Gasteiger partial charge in [0.25, 0.3) is 0 Å². The van der Waals surface area contributed by atoms with E-state index in [0.717, 1.165) is 18.5 Å². The minimum absolute atomic E-state index is 0.585. The van der Waals surface area contributed by atoms with Gasteiger partial charge in [-0.25, -0.2) is 4.68 Å². The third kappa shape index (κ3) is 3.42. The number of aromatic nitrogens is 3. The quantitative estimate of drug-likeness (QED) is 0.761. The van der Waals surface area contributed by atoms with E-state index in [-0.39, 0.29) is 0 Å². The van der Waals surface area contributed by atoms with Gasteiger partial charge in [0.15, 0.2) is 0 Å². The number of rotatable bonds is 6. The number of halogens is 1. The van der Waals surface area contributed by atoms with Crippen molar-refractivity contribution in [2.75, 3.05) is 0 Å². The first-order valence-corrected chi connectivity index (χ1v) is 7.32. The Hall–Kier alpha value is -1.16. The number of hydrogen-bond acceptors (Lipinski definition) is 2. The molecule has 1 unspecified atom stereocenters. The number of nitrogens with zero attached hydrogens (tertiary/aromatic N) is 3. The van der Waals surface area contributed by atoms with Crippen molar-refractivity contribution in [2.45, 2.75) is 37.4 Å². The molecule has 2 aromatic rings. The molecule has 0 fully saturated rings. The molecule has 4 heteroatoms. The molecule has 0 saturated heterocycles. The van der Waals surface area contributed by atoms with Crippen LogP contribution in [0.2, 0.25) is 0 Å². The Bertz CT molecular complexity index is 467. The molecule has 0 spiro atoms. The van der Waals surface area contributed by atoms with Crippen molar-refractivity contribution in [3.05, 3.63) is 42.2 Å². The van der Waals surface area contributed by atoms with E-state index >= 15 is 0 Å². The van der Waals surface area contributed by atoms with Gasteiger partial charge in [-0.1, -0.05) is 52.7 Å². The summed E-state index contributed by atoms with van der Waals surface area (Å²) < 4.78 is 1.92. The van der Waals surface area contributed by atoms with E-state index in [1.807, 2.05) is 29.1 Å². The fourth-order valence-electron chi connectivity index (χ4n) is 1.98. The summed E-state index contributed by atoms with van der Waals surface area (Å²) in [6, 6.07) is 10.2. The summed E-state index contributed by atoms with van der Waals surface area (Å²) in [5, 5.41) is 8.18. The van der Waals surface area contributed by atoms with E-state index < -0.39 is 0 Å². The van der Waals surface area contributed by atoms with E-state index in [1.165, 1.54) is 18.5 Å². The molecule has 2 rings (SSSR count). The topological polar surface area (TPSA) is 30.7 Å². The molecule has 1 aromatic heterocycles. The van der Waals surface area contributed by atoms with E-state index in [0.29, 0.717) is 4.83 Å². The van der Waals surface area contributed by atoms with Gasteiger partial charge in [0.05, 0.1) is 17.6 Å².